The first-order valence-electron chi connectivity index (χ1n) is 13.1. The van der Waals surface area contributed by atoms with Gasteiger partial charge >= 0.3 is 0 Å². The predicted molar refractivity (Wildman–Crippen MR) is 139 cm³/mol. The molecule has 0 unspecified atom stereocenters. The highest BCUT2D eigenvalue weighted by atomic mass is 16.3. The number of nitrogens with one attached hydrogen (secondary N) is 2. The molecule has 8 nitrogen and oxygen atoms in total. The van der Waals surface area contributed by atoms with Gasteiger partial charge in [0, 0.05) is 12.6 Å². The number of aliphatic hydroxyl groups is 2. The summed E-state index contributed by atoms with van der Waals surface area (Å²) < 4.78 is 5.56. The Kier molecular flexibility index (Phi) is 10.1. The lowest BCUT2D eigenvalue weighted by Crippen LogP contribution is -2.52. The first-order chi connectivity index (χ1) is 17.2. The van der Waals surface area contributed by atoms with Crippen LogP contribution in [0.1, 0.15) is 76.3 Å². The van der Waals surface area contributed by atoms with Crippen molar-refractivity contribution in [2.45, 2.75) is 84.0 Å². The van der Waals surface area contributed by atoms with E-state index in [1.807, 2.05) is 13.8 Å². The lowest BCUT2D eigenvalue weighted by molar-refractivity contribution is -0.127. The molecular formula is C28H40N2O6. The van der Waals surface area contributed by atoms with Crippen LogP contribution in [0.5, 0.6) is 0 Å². The Morgan fingerprint density at radius 1 is 1.08 bits per heavy atom. The van der Waals surface area contributed by atoms with Crippen LogP contribution in [-0.4, -0.2) is 46.8 Å². The monoisotopic (exact) mass is 500 g/mol. The molecule has 0 aliphatic heterocycles. The van der Waals surface area contributed by atoms with E-state index in [9.17, 15) is 24.6 Å². The van der Waals surface area contributed by atoms with Gasteiger partial charge in [-0.05, 0) is 36.8 Å². The average molecular weight is 501 g/mol. The van der Waals surface area contributed by atoms with Gasteiger partial charge in [-0.1, -0.05) is 65.0 Å². The maximum Gasteiger partial charge on any atom is 0.287 e. The summed E-state index contributed by atoms with van der Waals surface area (Å²) in [6, 6.07) is 7.27. The molecule has 0 spiro atoms. The molecular weight excluding hydrogens is 460 g/mol. The first kappa shape index (κ1) is 27.9. The largest absolute Gasteiger partial charge is 0.451 e. The summed E-state index contributed by atoms with van der Waals surface area (Å²) in [5.74, 6) is -0.991. The number of benzene rings is 1. The van der Waals surface area contributed by atoms with Crippen LogP contribution in [0.25, 0.3) is 11.0 Å². The quantitative estimate of drug-likeness (QED) is 0.374. The molecule has 198 valence electrons. The van der Waals surface area contributed by atoms with Crippen molar-refractivity contribution in [3.63, 3.8) is 0 Å². The number of fused-ring (bicyclic) bond motifs is 1. The molecule has 1 aliphatic carbocycles. The van der Waals surface area contributed by atoms with Crippen molar-refractivity contribution in [3.8, 4) is 0 Å². The zero-order valence-electron chi connectivity index (χ0n) is 21.5. The molecule has 1 fully saturated rings. The van der Waals surface area contributed by atoms with E-state index in [0.29, 0.717) is 29.7 Å². The molecule has 3 rings (SSSR count). The highest BCUT2D eigenvalue weighted by molar-refractivity contribution is 5.93. The van der Waals surface area contributed by atoms with Crippen molar-refractivity contribution in [2.75, 3.05) is 6.54 Å². The molecule has 4 N–H and O–H groups in total. The van der Waals surface area contributed by atoms with Crippen LogP contribution in [0, 0.1) is 17.8 Å². The number of hydrogen-bond acceptors (Lipinski definition) is 6. The summed E-state index contributed by atoms with van der Waals surface area (Å²) >= 11 is 0. The van der Waals surface area contributed by atoms with Gasteiger partial charge in [-0.15, -0.1) is 0 Å². The van der Waals surface area contributed by atoms with Gasteiger partial charge in [-0.2, -0.15) is 0 Å². The standard InChI is InChI=1S/C28H40N2O6/c1-17(2)13-23(32)26(33)21(14-19-9-5-4-6-10-19)30-27(34)18(3)16-29-28(35)25-15-22(31)20-11-7-8-12-24(20)36-25/h7-8,11-12,15,17-19,21,23,26,32-33H,4-6,9-10,13-14,16H2,1-3H3,(H,29,35)(H,30,34)/t18-,21+,23-,26+/m0/s1. The number of carbonyl (C=O) groups excluding carboxylic acids is 2. The van der Waals surface area contributed by atoms with E-state index in [1.54, 1.807) is 31.2 Å². The van der Waals surface area contributed by atoms with Gasteiger partial charge in [0.15, 0.2) is 11.2 Å². The SMILES string of the molecule is CC(C)C[C@H](O)[C@H](O)[C@@H](CC1CCCCC1)NC(=O)[C@@H](C)CNC(=O)c1cc(=O)c2ccccc2o1. The molecule has 36 heavy (non-hydrogen) atoms. The van der Waals surface area contributed by atoms with Gasteiger partial charge in [0.1, 0.15) is 11.7 Å². The van der Waals surface area contributed by atoms with Gasteiger partial charge in [0.2, 0.25) is 5.91 Å². The first-order valence-corrected chi connectivity index (χ1v) is 13.1. The second kappa shape index (κ2) is 13.0. The zero-order chi connectivity index (χ0) is 26.2. The van der Waals surface area contributed by atoms with Gasteiger partial charge in [-0.3, -0.25) is 14.4 Å². The van der Waals surface area contributed by atoms with Crippen LogP contribution in [-0.2, 0) is 4.79 Å². The molecule has 1 aromatic carbocycles. The van der Waals surface area contributed by atoms with Crippen LogP contribution in [0.4, 0.5) is 0 Å². The normalized spacial score (nSPS) is 17.9. The molecule has 1 heterocycles. The van der Waals surface area contributed by atoms with Crippen molar-refractivity contribution < 1.29 is 24.2 Å². The van der Waals surface area contributed by atoms with Crippen LogP contribution in [0.3, 0.4) is 0 Å². The molecule has 1 aliphatic rings. The van der Waals surface area contributed by atoms with Crippen molar-refractivity contribution in [3.05, 3.63) is 46.3 Å². The third-order valence-electron chi connectivity index (χ3n) is 7.03. The van der Waals surface area contributed by atoms with Crippen LogP contribution < -0.4 is 16.1 Å². The van der Waals surface area contributed by atoms with Gasteiger partial charge < -0.3 is 25.3 Å². The highest BCUT2D eigenvalue weighted by Crippen LogP contribution is 2.29. The summed E-state index contributed by atoms with van der Waals surface area (Å²) in [6.07, 6.45) is 4.68. The van der Waals surface area contributed by atoms with Crippen LogP contribution in [0.15, 0.2) is 39.5 Å². The van der Waals surface area contributed by atoms with Gasteiger partial charge in [-0.25, -0.2) is 0 Å². The van der Waals surface area contributed by atoms with Crippen molar-refractivity contribution >= 4 is 22.8 Å². The van der Waals surface area contributed by atoms with Gasteiger partial charge in [0.05, 0.1) is 23.4 Å². The summed E-state index contributed by atoms with van der Waals surface area (Å²) in [4.78, 5) is 37.9. The fourth-order valence-corrected chi connectivity index (χ4v) is 4.92. The fraction of sp³-hybridized carbons (Fsp3) is 0.607. The maximum atomic E-state index is 13.0. The van der Waals surface area contributed by atoms with E-state index in [4.69, 9.17) is 4.42 Å². The highest BCUT2D eigenvalue weighted by Gasteiger charge is 2.32. The van der Waals surface area contributed by atoms with Crippen molar-refractivity contribution in [1.82, 2.24) is 10.6 Å². The predicted octanol–water partition coefficient (Wildman–Crippen LogP) is 3.38. The lowest BCUT2D eigenvalue weighted by atomic mass is 9.82. The molecule has 0 bridgehead atoms. The molecule has 4 atom stereocenters. The molecule has 0 radical (unpaired) electrons. The minimum Gasteiger partial charge on any atom is -0.451 e. The molecule has 1 saturated carbocycles. The van der Waals surface area contributed by atoms with Crippen molar-refractivity contribution in [2.24, 2.45) is 17.8 Å². The molecule has 2 amide bonds. The Morgan fingerprint density at radius 3 is 2.47 bits per heavy atom. The maximum absolute atomic E-state index is 13.0. The van der Waals surface area contributed by atoms with E-state index in [0.717, 1.165) is 31.7 Å². The Morgan fingerprint density at radius 2 is 1.78 bits per heavy atom. The third-order valence-corrected chi connectivity index (χ3v) is 7.03. The number of hydrogen-bond donors (Lipinski definition) is 4. The number of aliphatic hydroxyl groups excluding tert-OH is 2. The smallest absolute Gasteiger partial charge is 0.287 e. The molecule has 2 aromatic rings. The zero-order valence-corrected chi connectivity index (χ0v) is 21.5. The molecule has 0 saturated heterocycles. The summed E-state index contributed by atoms with van der Waals surface area (Å²) in [6.45, 7) is 5.67. The number of carbonyl (C=O) groups is 2. The second-order valence-electron chi connectivity index (χ2n) is 10.6. The average Bonchev–Trinajstić information content (AvgIpc) is 2.86. The van der Waals surface area contributed by atoms with E-state index >= 15 is 0 Å². The van der Waals surface area contributed by atoms with E-state index < -0.39 is 30.1 Å². The van der Waals surface area contributed by atoms with Gasteiger partial charge in [0.25, 0.3) is 5.91 Å². The summed E-state index contributed by atoms with van der Waals surface area (Å²) in [5.41, 5.74) is 0.00716. The Labute approximate surface area is 212 Å². The molecule has 1 aromatic heterocycles. The molecule has 8 heteroatoms. The van der Waals surface area contributed by atoms with Crippen LogP contribution in [0.2, 0.25) is 0 Å². The summed E-state index contributed by atoms with van der Waals surface area (Å²) in [7, 11) is 0. The van der Waals surface area contributed by atoms with Crippen molar-refractivity contribution in [1.29, 1.82) is 0 Å². The number of para-hydroxylation sites is 1. The summed E-state index contributed by atoms with van der Waals surface area (Å²) in [5, 5.41) is 27.4. The van der Waals surface area contributed by atoms with E-state index in [-0.39, 0.29) is 29.6 Å². The second-order valence-corrected chi connectivity index (χ2v) is 10.6. The fourth-order valence-electron chi connectivity index (χ4n) is 4.92. The van der Waals surface area contributed by atoms with Crippen LogP contribution >= 0.6 is 0 Å². The topological polar surface area (TPSA) is 129 Å². The number of rotatable bonds is 11. The van der Waals surface area contributed by atoms with E-state index in [2.05, 4.69) is 10.6 Å². The minimum atomic E-state index is -1.06. The Hall–Kier alpha value is -2.71. The lowest BCUT2D eigenvalue weighted by Gasteiger charge is -2.33. The minimum absolute atomic E-state index is 0.0298. The Balaban J connectivity index is 1.61. The number of amides is 2. The third kappa shape index (κ3) is 7.64. The van der Waals surface area contributed by atoms with E-state index in [1.165, 1.54) is 6.42 Å². The Bertz CT molecular complexity index is 1080.